The largest absolute Gasteiger partial charge is 0.378 e. The monoisotopic (exact) mass is 311 g/mol. The molecule has 0 atom stereocenters. The summed E-state index contributed by atoms with van der Waals surface area (Å²) in [5, 5.41) is 10.6. The summed E-state index contributed by atoms with van der Waals surface area (Å²) in [4.78, 5) is 20.3. The van der Waals surface area contributed by atoms with Crippen LogP contribution in [0.2, 0.25) is 0 Å². The molecule has 2 aromatic carbocycles. The van der Waals surface area contributed by atoms with Gasteiger partial charge in [-0.05, 0) is 47.9 Å². The fourth-order valence-electron chi connectivity index (χ4n) is 2.58. The van der Waals surface area contributed by atoms with Gasteiger partial charge in [-0.1, -0.05) is 12.1 Å². The maximum atomic E-state index is 10.5. The Balaban J connectivity index is 1.88. The lowest BCUT2D eigenvalue weighted by Crippen LogP contribution is -2.08. The molecule has 3 aromatic rings. The van der Waals surface area contributed by atoms with Crippen molar-refractivity contribution in [2.75, 3.05) is 19.0 Å². The third kappa shape index (κ3) is 3.26. The minimum Gasteiger partial charge on any atom is -0.378 e. The molecule has 0 spiro atoms. The number of nitrogens with one attached hydrogen (secondary N) is 1. The minimum absolute atomic E-state index is 0.228. The molecular weight excluding hydrogens is 294 g/mol. The predicted molar refractivity (Wildman–Crippen MR) is 89.5 cm³/mol. The van der Waals surface area contributed by atoms with Crippen LogP contribution in [-0.4, -0.2) is 24.2 Å². The summed E-state index contributed by atoms with van der Waals surface area (Å²) in [5.74, 6) is 0.228. The van der Waals surface area contributed by atoms with E-state index in [9.17, 15) is 10.1 Å². The molecule has 0 fully saturated rings. The Kier molecular flexibility index (Phi) is 3.89. The SMILES string of the molecule is CN(C)c1ccc(Cc2c[nH]c3ccc(O[N+](=O)[O-])cc23)cc1. The highest BCUT2D eigenvalue weighted by molar-refractivity contribution is 5.85. The van der Waals surface area contributed by atoms with Crippen molar-refractivity contribution in [2.24, 2.45) is 0 Å². The molecule has 6 nitrogen and oxygen atoms in total. The molecule has 1 aromatic heterocycles. The van der Waals surface area contributed by atoms with Crippen LogP contribution in [0.1, 0.15) is 11.1 Å². The average Bonchev–Trinajstić information content (AvgIpc) is 2.90. The summed E-state index contributed by atoms with van der Waals surface area (Å²) in [6.07, 6.45) is 2.68. The zero-order chi connectivity index (χ0) is 16.4. The molecule has 0 bridgehead atoms. The van der Waals surface area contributed by atoms with Crippen molar-refractivity contribution in [3.05, 3.63) is 69.9 Å². The number of fused-ring (bicyclic) bond motifs is 1. The van der Waals surface area contributed by atoms with E-state index in [1.807, 2.05) is 20.3 Å². The first-order chi connectivity index (χ1) is 11.0. The van der Waals surface area contributed by atoms with Gasteiger partial charge >= 0.3 is 0 Å². The van der Waals surface area contributed by atoms with E-state index in [4.69, 9.17) is 0 Å². The van der Waals surface area contributed by atoms with E-state index in [2.05, 4.69) is 39.0 Å². The molecule has 118 valence electrons. The lowest BCUT2D eigenvalue weighted by molar-refractivity contribution is -0.711. The van der Waals surface area contributed by atoms with Crippen LogP contribution in [0.25, 0.3) is 10.9 Å². The van der Waals surface area contributed by atoms with Gasteiger partial charge in [0.15, 0.2) is 0 Å². The van der Waals surface area contributed by atoms with Crippen LogP contribution in [-0.2, 0) is 6.42 Å². The molecule has 0 aliphatic rings. The van der Waals surface area contributed by atoms with Gasteiger partial charge in [-0.3, -0.25) is 4.84 Å². The van der Waals surface area contributed by atoms with Crippen molar-refractivity contribution in [2.45, 2.75) is 6.42 Å². The Morgan fingerprint density at radius 2 is 1.91 bits per heavy atom. The Morgan fingerprint density at radius 1 is 1.17 bits per heavy atom. The fraction of sp³-hybridized carbons (Fsp3) is 0.176. The summed E-state index contributed by atoms with van der Waals surface area (Å²) < 4.78 is 0. The molecule has 0 unspecified atom stereocenters. The molecule has 0 amide bonds. The zero-order valence-electron chi connectivity index (χ0n) is 12.9. The van der Waals surface area contributed by atoms with Crippen molar-refractivity contribution < 1.29 is 9.92 Å². The van der Waals surface area contributed by atoms with Crippen molar-refractivity contribution in [3.63, 3.8) is 0 Å². The third-order valence-corrected chi connectivity index (χ3v) is 3.77. The van der Waals surface area contributed by atoms with E-state index < -0.39 is 5.09 Å². The number of aromatic nitrogens is 1. The second-order valence-electron chi connectivity index (χ2n) is 5.57. The molecular formula is C17H17N3O3. The van der Waals surface area contributed by atoms with E-state index in [1.54, 1.807) is 18.2 Å². The van der Waals surface area contributed by atoms with E-state index >= 15 is 0 Å². The molecule has 3 rings (SSSR count). The lowest BCUT2D eigenvalue weighted by Gasteiger charge is -2.12. The number of nitrogens with zero attached hydrogens (tertiary/aromatic N) is 2. The first kappa shape index (κ1) is 14.9. The highest BCUT2D eigenvalue weighted by Crippen LogP contribution is 2.26. The highest BCUT2D eigenvalue weighted by Gasteiger charge is 2.08. The molecule has 0 saturated heterocycles. The predicted octanol–water partition coefficient (Wildman–Crippen LogP) is 3.40. The van der Waals surface area contributed by atoms with Crippen LogP contribution in [0.4, 0.5) is 5.69 Å². The molecule has 0 aliphatic carbocycles. The van der Waals surface area contributed by atoms with Crippen LogP contribution in [0.3, 0.4) is 0 Å². The number of hydrogen-bond donors (Lipinski definition) is 1. The van der Waals surface area contributed by atoms with Crippen LogP contribution in [0.5, 0.6) is 5.75 Å². The van der Waals surface area contributed by atoms with Gasteiger partial charge < -0.3 is 9.88 Å². The highest BCUT2D eigenvalue weighted by atomic mass is 17.0. The van der Waals surface area contributed by atoms with Gasteiger partial charge in [0.25, 0.3) is 5.09 Å². The Labute approximate surface area is 133 Å². The Bertz CT molecular complexity index is 838. The topological polar surface area (TPSA) is 71.4 Å². The van der Waals surface area contributed by atoms with Gasteiger partial charge in [0.1, 0.15) is 5.75 Å². The molecule has 1 N–H and O–H groups in total. The van der Waals surface area contributed by atoms with Crippen LogP contribution in [0.15, 0.2) is 48.7 Å². The van der Waals surface area contributed by atoms with Crippen molar-refractivity contribution in [1.82, 2.24) is 4.98 Å². The fourth-order valence-corrected chi connectivity index (χ4v) is 2.58. The number of H-pyrrole nitrogens is 1. The molecule has 1 heterocycles. The molecule has 0 radical (unpaired) electrons. The number of hydrogen-bond acceptors (Lipinski definition) is 4. The van der Waals surface area contributed by atoms with Crippen LogP contribution >= 0.6 is 0 Å². The van der Waals surface area contributed by atoms with Crippen molar-refractivity contribution >= 4 is 16.6 Å². The second-order valence-corrected chi connectivity index (χ2v) is 5.57. The maximum absolute atomic E-state index is 10.5. The maximum Gasteiger partial charge on any atom is 0.299 e. The number of anilines is 1. The minimum atomic E-state index is -0.798. The Morgan fingerprint density at radius 3 is 2.57 bits per heavy atom. The first-order valence-electron chi connectivity index (χ1n) is 7.21. The van der Waals surface area contributed by atoms with Gasteiger partial charge in [-0.2, -0.15) is 0 Å². The molecule has 0 aliphatic heterocycles. The van der Waals surface area contributed by atoms with E-state index in [1.165, 1.54) is 5.56 Å². The van der Waals surface area contributed by atoms with Crippen molar-refractivity contribution in [3.8, 4) is 5.75 Å². The molecule has 23 heavy (non-hydrogen) atoms. The number of aromatic amines is 1. The van der Waals surface area contributed by atoms with Gasteiger partial charge in [0.2, 0.25) is 0 Å². The molecule has 0 saturated carbocycles. The van der Waals surface area contributed by atoms with Gasteiger partial charge in [-0.25, -0.2) is 0 Å². The summed E-state index contributed by atoms with van der Waals surface area (Å²) in [7, 11) is 4.01. The quantitative estimate of drug-likeness (QED) is 0.579. The number of benzene rings is 2. The smallest absolute Gasteiger partial charge is 0.299 e. The van der Waals surface area contributed by atoms with E-state index in [0.717, 1.165) is 28.6 Å². The summed E-state index contributed by atoms with van der Waals surface area (Å²) in [6, 6.07) is 13.4. The van der Waals surface area contributed by atoms with Gasteiger partial charge in [0, 0.05) is 36.9 Å². The van der Waals surface area contributed by atoms with Crippen LogP contribution in [0, 0.1) is 10.1 Å². The van der Waals surface area contributed by atoms with E-state index in [0.29, 0.717) is 0 Å². The van der Waals surface area contributed by atoms with E-state index in [-0.39, 0.29) is 5.75 Å². The zero-order valence-corrected chi connectivity index (χ0v) is 12.9. The number of rotatable bonds is 5. The second kappa shape index (κ2) is 6.00. The first-order valence-corrected chi connectivity index (χ1v) is 7.21. The third-order valence-electron chi connectivity index (χ3n) is 3.77. The summed E-state index contributed by atoms with van der Waals surface area (Å²) in [5.41, 5.74) is 4.33. The standard InChI is InChI=1S/C17H17N3O3/c1-19(2)14-5-3-12(4-6-14)9-13-11-18-17-8-7-15(10-16(13)17)23-20(21)22/h3-8,10-11,18H,9H2,1-2H3. The summed E-state index contributed by atoms with van der Waals surface area (Å²) in [6.45, 7) is 0. The van der Waals surface area contributed by atoms with Crippen LogP contribution < -0.4 is 9.74 Å². The van der Waals surface area contributed by atoms with Gasteiger partial charge in [-0.15, -0.1) is 10.1 Å². The molecule has 6 heteroatoms. The normalized spacial score (nSPS) is 10.7. The lowest BCUT2D eigenvalue weighted by atomic mass is 10.0. The van der Waals surface area contributed by atoms with Gasteiger partial charge in [0.05, 0.1) is 0 Å². The van der Waals surface area contributed by atoms with Crippen molar-refractivity contribution in [1.29, 1.82) is 0 Å². The average molecular weight is 311 g/mol. The summed E-state index contributed by atoms with van der Waals surface area (Å²) >= 11 is 0. The Hall–Kier alpha value is -3.02.